The summed E-state index contributed by atoms with van der Waals surface area (Å²) in [7, 11) is 0. The van der Waals surface area contributed by atoms with Gasteiger partial charge in [0.05, 0.1) is 11.3 Å². The lowest BCUT2D eigenvalue weighted by Crippen LogP contribution is -2.14. The molecule has 0 spiro atoms. The van der Waals surface area contributed by atoms with Crippen molar-refractivity contribution in [2.45, 2.75) is 0 Å². The third-order valence-electron chi connectivity index (χ3n) is 2.98. The number of hydrogen-bond acceptors (Lipinski definition) is 3. The minimum atomic E-state index is -0.780. The van der Waals surface area contributed by atoms with Crippen molar-refractivity contribution >= 4 is 11.6 Å². The van der Waals surface area contributed by atoms with E-state index >= 15 is 0 Å². The molecule has 0 fully saturated rings. The van der Waals surface area contributed by atoms with Crippen LogP contribution in [0.3, 0.4) is 0 Å². The fourth-order valence-corrected chi connectivity index (χ4v) is 1.91. The van der Waals surface area contributed by atoms with Crippen molar-refractivity contribution in [3.63, 3.8) is 0 Å². The number of benzene rings is 2. The molecule has 0 atom stereocenters. The second-order valence-electron chi connectivity index (χ2n) is 4.47. The molecule has 3 rings (SSSR count). The van der Waals surface area contributed by atoms with Crippen LogP contribution in [0.25, 0.3) is 5.69 Å². The van der Waals surface area contributed by atoms with E-state index in [-0.39, 0.29) is 5.56 Å². The molecule has 0 aliphatic heterocycles. The molecule has 1 heterocycles. The van der Waals surface area contributed by atoms with Crippen LogP contribution in [-0.2, 0) is 0 Å². The Hall–Kier alpha value is -3.09. The lowest BCUT2D eigenvalue weighted by molar-refractivity contribution is 0.102. The molecule has 110 valence electrons. The Kier molecular flexibility index (Phi) is 3.61. The number of amides is 1. The second-order valence-corrected chi connectivity index (χ2v) is 4.47. The average molecular weight is 300 g/mol. The number of rotatable bonds is 3. The van der Waals surface area contributed by atoms with Crippen LogP contribution in [0.1, 0.15) is 10.4 Å². The van der Waals surface area contributed by atoms with Crippen LogP contribution in [0.4, 0.5) is 14.5 Å². The number of nitrogens with one attached hydrogen (secondary N) is 1. The number of halogens is 2. The van der Waals surface area contributed by atoms with Gasteiger partial charge in [0.25, 0.3) is 5.91 Å². The van der Waals surface area contributed by atoms with Crippen LogP contribution >= 0.6 is 0 Å². The predicted octanol–water partition coefficient (Wildman–Crippen LogP) is 2.80. The van der Waals surface area contributed by atoms with Gasteiger partial charge in [0.15, 0.2) is 0 Å². The first kappa shape index (κ1) is 13.9. The van der Waals surface area contributed by atoms with E-state index < -0.39 is 17.5 Å². The zero-order valence-corrected chi connectivity index (χ0v) is 11.2. The largest absolute Gasteiger partial charge is 0.322 e. The zero-order valence-electron chi connectivity index (χ0n) is 11.2. The predicted molar refractivity (Wildman–Crippen MR) is 75.7 cm³/mol. The molecule has 2 aromatic carbocycles. The Labute approximate surface area is 124 Å². The van der Waals surface area contributed by atoms with Gasteiger partial charge in [0, 0.05) is 5.69 Å². The van der Waals surface area contributed by atoms with E-state index in [0.717, 1.165) is 23.9 Å². The molecule has 0 aliphatic carbocycles. The minimum absolute atomic E-state index is 0.347. The van der Waals surface area contributed by atoms with E-state index in [2.05, 4.69) is 15.4 Å². The summed E-state index contributed by atoms with van der Waals surface area (Å²) >= 11 is 0. The van der Waals surface area contributed by atoms with Crippen LogP contribution in [0.2, 0.25) is 0 Å². The maximum atomic E-state index is 13.5. The molecule has 0 radical (unpaired) electrons. The molecule has 0 aliphatic rings. The molecular weight excluding hydrogens is 290 g/mol. The van der Waals surface area contributed by atoms with Gasteiger partial charge in [-0.25, -0.2) is 18.4 Å². The van der Waals surface area contributed by atoms with Crippen molar-refractivity contribution in [2.75, 3.05) is 5.32 Å². The van der Waals surface area contributed by atoms with Gasteiger partial charge in [0.2, 0.25) is 0 Å². The van der Waals surface area contributed by atoms with Crippen molar-refractivity contribution in [2.24, 2.45) is 0 Å². The molecule has 22 heavy (non-hydrogen) atoms. The van der Waals surface area contributed by atoms with Crippen molar-refractivity contribution in [1.82, 2.24) is 14.8 Å². The van der Waals surface area contributed by atoms with E-state index in [4.69, 9.17) is 0 Å². The third kappa shape index (κ3) is 2.83. The fourth-order valence-electron chi connectivity index (χ4n) is 1.91. The van der Waals surface area contributed by atoms with Gasteiger partial charge in [-0.05, 0) is 42.5 Å². The average Bonchev–Trinajstić information content (AvgIpc) is 3.05. The van der Waals surface area contributed by atoms with Crippen LogP contribution in [0, 0.1) is 11.6 Å². The van der Waals surface area contributed by atoms with Crippen LogP contribution in [-0.4, -0.2) is 20.7 Å². The molecule has 0 bridgehead atoms. The van der Waals surface area contributed by atoms with Gasteiger partial charge in [-0.1, -0.05) is 0 Å². The van der Waals surface area contributed by atoms with Crippen molar-refractivity contribution in [1.29, 1.82) is 0 Å². The van der Waals surface area contributed by atoms with Gasteiger partial charge >= 0.3 is 0 Å². The van der Waals surface area contributed by atoms with Crippen LogP contribution < -0.4 is 5.32 Å². The number of carbonyl (C=O) groups excluding carboxylic acids is 1. The molecule has 1 amide bonds. The molecule has 0 unspecified atom stereocenters. The summed E-state index contributed by atoms with van der Waals surface area (Å²) in [5.74, 6) is -2.17. The number of anilines is 1. The molecule has 3 aromatic rings. The lowest BCUT2D eigenvalue weighted by Gasteiger charge is -2.07. The maximum Gasteiger partial charge on any atom is 0.258 e. The van der Waals surface area contributed by atoms with Gasteiger partial charge in [-0.3, -0.25) is 4.79 Å². The van der Waals surface area contributed by atoms with Crippen molar-refractivity contribution < 1.29 is 13.6 Å². The summed E-state index contributed by atoms with van der Waals surface area (Å²) in [6.45, 7) is 0. The Morgan fingerprint density at radius 3 is 2.55 bits per heavy atom. The van der Waals surface area contributed by atoms with Gasteiger partial charge < -0.3 is 5.32 Å². The molecular formula is C15H10F2N4O. The highest BCUT2D eigenvalue weighted by Gasteiger charge is 2.13. The minimum Gasteiger partial charge on any atom is -0.322 e. The van der Waals surface area contributed by atoms with E-state index in [1.807, 2.05) is 0 Å². The molecule has 0 saturated heterocycles. The number of nitrogens with zero attached hydrogens (tertiary/aromatic N) is 3. The van der Waals surface area contributed by atoms with Gasteiger partial charge in [-0.15, -0.1) is 0 Å². The fraction of sp³-hybridized carbons (Fsp3) is 0. The lowest BCUT2D eigenvalue weighted by atomic mass is 10.2. The highest BCUT2D eigenvalue weighted by Crippen LogP contribution is 2.15. The normalized spacial score (nSPS) is 10.5. The molecule has 7 heteroatoms. The third-order valence-corrected chi connectivity index (χ3v) is 2.98. The second kappa shape index (κ2) is 5.72. The zero-order chi connectivity index (χ0) is 15.5. The molecule has 1 aromatic heterocycles. The summed E-state index contributed by atoms with van der Waals surface area (Å²) in [5.41, 5.74) is 0.866. The summed E-state index contributed by atoms with van der Waals surface area (Å²) in [4.78, 5) is 15.8. The number of carbonyl (C=O) groups is 1. The maximum absolute atomic E-state index is 13.5. The first-order chi connectivity index (χ1) is 10.6. The van der Waals surface area contributed by atoms with E-state index in [9.17, 15) is 13.6 Å². The number of hydrogen-bond donors (Lipinski definition) is 1. The highest BCUT2D eigenvalue weighted by atomic mass is 19.1. The quantitative estimate of drug-likeness (QED) is 0.809. The smallest absolute Gasteiger partial charge is 0.258 e. The Bertz CT molecular complexity index is 801. The monoisotopic (exact) mass is 300 g/mol. The Balaban J connectivity index is 1.78. The van der Waals surface area contributed by atoms with E-state index in [0.29, 0.717) is 5.69 Å². The summed E-state index contributed by atoms with van der Waals surface area (Å²) in [5, 5.41) is 6.48. The van der Waals surface area contributed by atoms with Crippen LogP contribution in [0.15, 0.2) is 55.1 Å². The Morgan fingerprint density at radius 1 is 1.09 bits per heavy atom. The molecule has 1 N–H and O–H groups in total. The Morgan fingerprint density at radius 2 is 1.86 bits per heavy atom. The van der Waals surface area contributed by atoms with Crippen molar-refractivity contribution in [3.8, 4) is 5.69 Å². The summed E-state index contributed by atoms with van der Waals surface area (Å²) < 4.78 is 28.2. The van der Waals surface area contributed by atoms with Crippen molar-refractivity contribution in [3.05, 3.63) is 72.3 Å². The standard InChI is InChI=1S/C15H10F2N4O/c16-10-1-6-14(17)13(7-10)15(22)20-11-2-4-12(5-3-11)21-9-18-8-19-21/h1-9H,(H,20,22). The first-order valence-corrected chi connectivity index (χ1v) is 6.35. The molecule has 0 saturated carbocycles. The van der Waals surface area contributed by atoms with E-state index in [1.54, 1.807) is 28.9 Å². The summed E-state index contributed by atoms with van der Waals surface area (Å²) in [6, 6.07) is 9.42. The van der Waals surface area contributed by atoms with E-state index in [1.165, 1.54) is 12.7 Å². The molecule has 5 nitrogen and oxygen atoms in total. The SMILES string of the molecule is O=C(Nc1ccc(-n2cncn2)cc1)c1cc(F)ccc1F. The van der Waals surface area contributed by atoms with Crippen LogP contribution in [0.5, 0.6) is 0 Å². The highest BCUT2D eigenvalue weighted by molar-refractivity contribution is 6.04. The van der Waals surface area contributed by atoms with Gasteiger partial charge in [0.1, 0.15) is 24.3 Å². The number of aromatic nitrogens is 3. The topological polar surface area (TPSA) is 59.8 Å². The summed E-state index contributed by atoms with van der Waals surface area (Å²) in [6.07, 6.45) is 2.94. The first-order valence-electron chi connectivity index (χ1n) is 6.35. The van der Waals surface area contributed by atoms with Gasteiger partial charge in [-0.2, -0.15) is 5.10 Å².